The van der Waals surface area contributed by atoms with Gasteiger partial charge in [0.25, 0.3) is 0 Å². The molecule has 0 aliphatic heterocycles. The van der Waals surface area contributed by atoms with Crippen LogP contribution in [0.15, 0.2) is 170 Å². The second-order valence-electron chi connectivity index (χ2n) is 18.9. The molecule has 9 aromatic carbocycles. The molecule has 0 atom stereocenters. The molecule has 0 aromatic heterocycles. The highest BCUT2D eigenvalue weighted by Gasteiger charge is 2.01. The Balaban J connectivity index is 0.000000467. The van der Waals surface area contributed by atoms with Gasteiger partial charge in [-0.2, -0.15) is 0 Å². The van der Waals surface area contributed by atoms with Crippen LogP contribution >= 0.6 is 116 Å². The fourth-order valence-electron chi connectivity index (χ4n) is 6.36. The van der Waals surface area contributed by atoms with Gasteiger partial charge in [0.2, 0.25) is 0 Å². The van der Waals surface area contributed by atoms with Crippen molar-refractivity contribution in [3.63, 3.8) is 0 Å². The van der Waals surface area contributed by atoms with E-state index in [0.717, 1.165) is 80.8 Å². The Kier molecular flexibility index (Phi) is 38.0. The molecule has 9 aromatic rings. The third-order valence-corrected chi connectivity index (χ3v) is 16.1. The first-order chi connectivity index (χ1) is 39.1. The van der Waals surface area contributed by atoms with E-state index in [0.29, 0.717) is 20.1 Å². The molecule has 9 rings (SSSR count). The van der Waals surface area contributed by atoms with E-state index < -0.39 is 0 Å². The van der Waals surface area contributed by atoms with Gasteiger partial charge in [-0.25, -0.2) is 0 Å². The fourth-order valence-corrected chi connectivity index (χ4v) is 8.04. The van der Waals surface area contributed by atoms with Crippen LogP contribution in [-0.4, -0.2) is 21.3 Å². The van der Waals surface area contributed by atoms with E-state index in [9.17, 15) is 0 Å². The highest BCUT2D eigenvalue weighted by Crippen LogP contribution is 2.27. The minimum absolute atomic E-state index is 0.622. The molecular formula is C70H76Cl10O3. The normalized spacial score (nSPS) is 9.57. The lowest BCUT2D eigenvalue weighted by Crippen LogP contribution is -1.86. The highest BCUT2D eigenvalue weighted by molar-refractivity contribution is 6.43. The highest BCUT2D eigenvalue weighted by atomic mass is 35.5. The number of hydrogen-bond acceptors (Lipinski definition) is 3. The first-order valence-corrected chi connectivity index (χ1v) is 29.8. The molecule has 0 amide bonds. The second kappa shape index (κ2) is 41.4. The molecular weight excluding hydrogens is 1240 g/mol. The summed E-state index contributed by atoms with van der Waals surface area (Å²) in [5.41, 5.74) is 15.4. The summed E-state index contributed by atoms with van der Waals surface area (Å²) < 4.78 is 15.1. The van der Waals surface area contributed by atoms with Crippen molar-refractivity contribution in [1.29, 1.82) is 0 Å². The Bertz CT molecular complexity index is 3010. The summed E-state index contributed by atoms with van der Waals surface area (Å²) in [6.07, 6.45) is 0. The maximum absolute atomic E-state index is 5.81. The summed E-state index contributed by atoms with van der Waals surface area (Å²) in [7, 11) is 4.95. The number of benzene rings is 9. The molecule has 0 aliphatic rings. The minimum Gasteiger partial charge on any atom is -0.497 e. The van der Waals surface area contributed by atoms with Crippen LogP contribution in [0.4, 0.5) is 0 Å². The van der Waals surface area contributed by atoms with Crippen LogP contribution in [0, 0.1) is 90.0 Å². The first kappa shape index (κ1) is 76.3. The molecule has 0 saturated carbocycles. The molecule has 0 radical (unpaired) electrons. The predicted octanol–water partition coefficient (Wildman–Crippen LogP) is 25.7. The molecule has 0 saturated heterocycles. The Labute approximate surface area is 546 Å². The summed E-state index contributed by atoms with van der Waals surface area (Å²) >= 11 is 57.3. The molecule has 0 N–H and O–H groups in total. The van der Waals surface area contributed by atoms with Crippen molar-refractivity contribution >= 4 is 116 Å². The maximum Gasteiger partial charge on any atom is 0.122 e. The van der Waals surface area contributed by atoms with Crippen molar-refractivity contribution in [2.45, 2.75) is 90.0 Å². The minimum atomic E-state index is 0.622. The largest absolute Gasteiger partial charge is 0.497 e. The first-order valence-electron chi connectivity index (χ1n) is 26.0. The second-order valence-corrected chi connectivity index (χ2v) is 22.9. The molecule has 3 nitrogen and oxygen atoms in total. The number of aryl methyl sites for hydroxylation is 11. The maximum atomic E-state index is 5.81. The quantitative estimate of drug-likeness (QED) is 0.176. The van der Waals surface area contributed by atoms with Crippen molar-refractivity contribution in [1.82, 2.24) is 0 Å². The number of methoxy groups -OCH3 is 3. The molecule has 444 valence electrons. The Morgan fingerprint density at radius 3 is 0.928 bits per heavy atom. The molecule has 0 fully saturated rings. The van der Waals surface area contributed by atoms with Crippen molar-refractivity contribution in [2.75, 3.05) is 21.3 Å². The van der Waals surface area contributed by atoms with Crippen LogP contribution in [-0.2, 0) is 0 Å². The molecule has 0 bridgehead atoms. The summed E-state index contributed by atoms with van der Waals surface area (Å²) in [5, 5.41) is 7.14. The Morgan fingerprint density at radius 2 is 0.602 bits per heavy atom. The molecule has 0 unspecified atom stereocenters. The molecule has 0 spiro atoms. The Hall–Kier alpha value is -4.72. The standard InChI is InChI=1S/C9H12O.C9H12.2C8H9ClO.C8H9Cl.3C7H6Cl2.C7H7Cl/c1-7-4-5-8(2)9(6-7)10-3;1-7-5-4-6-8(2)9(7)3;2*1-6-3-4-7(10-2)5-8(6)9;1-6-3-4-8(9)7(2)5-6;1-5-6(8)3-2-4-7(5)9;2*1-5-3-2-4-6(8)7(5)9;1-6-2-4-7(8)5-3-6/h4-6H,1-3H3;4-6H,1-3H3;2*3-5H,1-2H3;3-5H,1-2H3;3*2-4H,1H3;2-5H,1H3. The van der Waals surface area contributed by atoms with Gasteiger partial charge in [0.15, 0.2) is 0 Å². The van der Waals surface area contributed by atoms with Crippen molar-refractivity contribution in [3.8, 4) is 17.2 Å². The van der Waals surface area contributed by atoms with E-state index >= 15 is 0 Å². The van der Waals surface area contributed by atoms with E-state index in [1.807, 2.05) is 165 Å². The fraction of sp³-hybridized carbons (Fsp3) is 0.229. The van der Waals surface area contributed by atoms with Crippen LogP contribution in [0.5, 0.6) is 17.2 Å². The molecule has 0 heterocycles. The van der Waals surface area contributed by atoms with E-state index in [1.165, 1.54) is 38.9 Å². The zero-order valence-corrected chi connectivity index (χ0v) is 57.7. The number of rotatable bonds is 3. The van der Waals surface area contributed by atoms with Gasteiger partial charge in [-0.05, 0) is 224 Å². The van der Waals surface area contributed by atoms with Gasteiger partial charge in [-0.15, -0.1) is 0 Å². The molecule has 13 heteroatoms. The number of ether oxygens (including phenoxy) is 3. The Morgan fingerprint density at radius 1 is 0.241 bits per heavy atom. The van der Waals surface area contributed by atoms with E-state index in [-0.39, 0.29) is 0 Å². The van der Waals surface area contributed by atoms with Crippen LogP contribution < -0.4 is 14.2 Å². The summed E-state index contributed by atoms with van der Waals surface area (Å²) in [6, 6.07) is 54.2. The van der Waals surface area contributed by atoms with Gasteiger partial charge < -0.3 is 14.2 Å². The third-order valence-electron chi connectivity index (χ3n) is 12.0. The van der Waals surface area contributed by atoms with Crippen LogP contribution in [0.1, 0.15) is 72.3 Å². The van der Waals surface area contributed by atoms with Gasteiger partial charge in [-0.1, -0.05) is 224 Å². The predicted molar refractivity (Wildman–Crippen MR) is 369 cm³/mol. The van der Waals surface area contributed by atoms with Gasteiger partial charge >= 0.3 is 0 Å². The van der Waals surface area contributed by atoms with Gasteiger partial charge in [0.1, 0.15) is 17.2 Å². The summed E-state index contributed by atoms with van der Waals surface area (Å²) in [5.74, 6) is 2.58. The third kappa shape index (κ3) is 30.8. The van der Waals surface area contributed by atoms with Gasteiger partial charge in [0, 0.05) is 30.1 Å². The van der Waals surface area contributed by atoms with Gasteiger partial charge in [-0.3, -0.25) is 0 Å². The molecule has 83 heavy (non-hydrogen) atoms. The average Bonchev–Trinajstić information content (AvgIpc) is 3.46. The summed E-state index contributed by atoms with van der Waals surface area (Å²) in [6.45, 7) is 26.3. The lowest BCUT2D eigenvalue weighted by Gasteiger charge is -2.03. The smallest absolute Gasteiger partial charge is 0.122 e. The van der Waals surface area contributed by atoms with Crippen molar-refractivity contribution in [2.24, 2.45) is 0 Å². The monoisotopic (exact) mass is 1310 g/mol. The van der Waals surface area contributed by atoms with E-state index in [4.69, 9.17) is 130 Å². The van der Waals surface area contributed by atoms with Crippen molar-refractivity contribution in [3.05, 3.63) is 292 Å². The van der Waals surface area contributed by atoms with E-state index in [1.54, 1.807) is 45.6 Å². The zero-order valence-electron chi connectivity index (χ0n) is 50.2. The van der Waals surface area contributed by atoms with E-state index in [2.05, 4.69) is 71.0 Å². The molecule has 0 aliphatic carbocycles. The topological polar surface area (TPSA) is 27.7 Å². The summed E-state index contributed by atoms with van der Waals surface area (Å²) in [4.78, 5) is 0. The lowest BCUT2D eigenvalue weighted by molar-refractivity contribution is 0.411. The number of halogens is 10. The average molecular weight is 1320 g/mol. The zero-order chi connectivity index (χ0) is 62.9. The van der Waals surface area contributed by atoms with Crippen LogP contribution in [0.25, 0.3) is 0 Å². The SMILES string of the molecule is COc1cc(C)ccc1C.COc1ccc(C)c(Cl)c1.COc1ccc(C)c(Cl)c1.Cc1c(Cl)cccc1Cl.Cc1ccc(Cl)c(C)c1.Cc1ccc(Cl)cc1.Cc1cccc(C)c1C.Cc1cccc(Cl)c1Cl.Cc1cccc(Cl)c1Cl. The van der Waals surface area contributed by atoms with Crippen molar-refractivity contribution < 1.29 is 14.2 Å². The lowest BCUT2D eigenvalue weighted by atomic mass is 10.1. The van der Waals surface area contributed by atoms with Crippen LogP contribution in [0.3, 0.4) is 0 Å². The number of hydrogen-bond donors (Lipinski definition) is 0. The van der Waals surface area contributed by atoms with Gasteiger partial charge in [0.05, 0.1) is 41.4 Å². The van der Waals surface area contributed by atoms with Crippen LogP contribution in [0.2, 0.25) is 50.2 Å².